The minimum Gasteiger partial charge on any atom is -0.392 e. The summed E-state index contributed by atoms with van der Waals surface area (Å²) in [7, 11) is 0. The largest absolute Gasteiger partial charge is 0.392 e. The molecule has 0 aliphatic heterocycles. The third-order valence-corrected chi connectivity index (χ3v) is 3.49. The van der Waals surface area contributed by atoms with Gasteiger partial charge in [0, 0.05) is 5.56 Å². The summed E-state index contributed by atoms with van der Waals surface area (Å²) in [4.78, 5) is 12.2. The first kappa shape index (κ1) is 12.0. The monoisotopic (exact) mass is 248 g/mol. The third kappa shape index (κ3) is 2.64. The molecule has 1 aromatic rings. The summed E-state index contributed by atoms with van der Waals surface area (Å²) in [5, 5.41) is 2.78. The van der Waals surface area contributed by atoms with Crippen molar-refractivity contribution in [3.8, 4) is 0 Å². The molecule has 3 N–H and O–H groups in total. The summed E-state index contributed by atoms with van der Waals surface area (Å²) < 4.78 is 0. The molecule has 2 rings (SSSR count). The summed E-state index contributed by atoms with van der Waals surface area (Å²) >= 11 is 4.83. The van der Waals surface area contributed by atoms with Crippen LogP contribution in [0, 0.1) is 0 Å². The molecule has 0 bridgehead atoms. The fourth-order valence-electron chi connectivity index (χ4n) is 2.06. The number of carbonyl (C=O) groups is 1. The van der Waals surface area contributed by atoms with E-state index >= 15 is 0 Å². The van der Waals surface area contributed by atoms with E-state index in [2.05, 4.69) is 5.32 Å². The summed E-state index contributed by atoms with van der Waals surface area (Å²) in [6, 6.07) is 5.61. The van der Waals surface area contributed by atoms with Crippen LogP contribution in [0.15, 0.2) is 18.2 Å². The summed E-state index contributed by atoms with van der Waals surface area (Å²) in [5.74, 6) is -0.111. The van der Waals surface area contributed by atoms with Crippen LogP contribution < -0.4 is 11.1 Å². The van der Waals surface area contributed by atoms with Crippen molar-refractivity contribution in [3.63, 3.8) is 0 Å². The van der Waals surface area contributed by atoms with Gasteiger partial charge in [-0.25, -0.2) is 0 Å². The van der Waals surface area contributed by atoms with Crippen molar-refractivity contribution in [2.45, 2.75) is 32.2 Å². The maximum Gasteiger partial charge on any atom is 0.251 e. The van der Waals surface area contributed by atoms with E-state index in [1.807, 2.05) is 18.2 Å². The Morgan fingerprint density at radius 1 is 1.41 bits per heavy atom. The van der Waals surface area contributed by atoms with Gasteiger partial charge < -0.3 is 11.1 Å². The van der Waals surface area contributed by atoms with Crippen LogP contribution in [0.3, 0.4) is 0 Å². The summed E-state index contributed by atoms with van der Waals surface area (Å²) in [6.45, 7) is 1.79. The number of thiocarbonyl (C=S) groups is 1. The van der Waals surface area contributed by atoms with Crippen molar-refractivity contribution in [2.24, 2.45) is 5.73 Å². The van der Waals surface area contributed by atoms with E-state index < -0.39 is 0 Å². The molecule has 1 aliphatic carbocycles. The standard InChI is InChI=1S/C13H16N2OS/c1-8(12(14)17)15-13(16)11-6-5-9-3-2-4-10(9)7-11/h5-8H,2-4H2,1H3,(H2,14,17)(H,15,16). The SMILES string of the molecule is CC(NC(=O)c1ccc2c(c1)CCC2)C(N)=S. The Morgan fingerprint density at radius 3 is 2.82 bits per heavy atom. The number of amides is 1. The highest BCUT2D eigenvalue weighted by Gasteiger charge is 2.15. The van der Waals surface area contributed by atoms with Gasteiger partial charge in [-0.1, -0.05) is 18.3 Å². The minimum atomic E-state index is -0.272. The molecule has 0 heterocycles. The molecule has 1 amide bonds. The number of hydrogen-bond acceptors (Lipinski definition) is 2. The van der Waals surface area contributed by atoms with E-state index in [1.165, 1.54) is 17.5 Å². The van der Waals surface area contributed by atoms with E-state index in [1.54, 1.807) is 6.92 Å². The minimum absolute atomic E-state index is 0.111. The van der Waals surface area contributed by atoms with Crippen molar-refractivity contribution >= 4 is 23.1 Å². The second-order valence-electron chi connectivity index (χ2n) is 4.43. The van der Waals surface area contributed by atoms with E-state index in [9.17, 15) is 4.79 Å². The van der Waals surface area contributed by atoms with Crippen molar-refractivity contribution in [1.29, 1.82) is 0 Å². The number of benzene rings is 1. The van der Waals surface area contributed by atoms with Crippen LogP contribution in [-0.2, 0) is 12.8 Å². The average Bonchev–Trinajstić information content (AvgIpc) is 2.75. The molecule has 0 spiro atoms. The zero-order chi connectivity index (χ0) is 12.4. The fraction of sp³-hybridized carbons (Fsp3) is 0.385. The highest BCUT2D eigenvalue weighted by atomic mass is 32.1. The number of hydrogen-bond donors (Lipinski definition) is 2. The molecule has 3 nitrogen and oxygen atoms in total. The Labute approximate surface area is 106 Å². The topological polar surface area (TPSA) is 55.1 Å². The molecule has 0 saturated carbocycles. The molecule has 0 saturated heterocycles. The molecule has 4 heteroatoms. The smallest absolute Gasteiger partial charge is 0.251 e. The van der Waals surface area contributed by atoms with Crippen molar-refractivity contribution in [1.82, 2.24) is 5.32 Å². The number of aryl methyl sites for hydroxylation is 2. The molecule has 90 valence electrons. The number of nitrogens with two attached hydrogens (primary N) is 1. The van der Waals surface area contributed by atoms with Gasteiger partial charge in [0.1, 0.15) is 0 Å². The molecule has 1 aliphatic rings. The van der Waals surface area contributed by atoms with E-state index in [0.29, 0.717) is 10.6 Å². The van der Waals surface area contributed by atoms with Crippen molar-refractivity contribution in [3.05, 3.63) is 34.9 Å². The van der Waals surface area contributed by atoms with Gasteiger partial charge >= 0.3 is 0 Å². The predicted molar refractivity (Wildman–Crippen MR) is 72.2 cm³/mol. The van der Waals surface area contributed by atoms with Gasteiger partial charge in [0.2, 0.25) is 0 Å². The molecular weight excluding hydrogens is 232 g/mol. The lowest BCUT2D eigenvalue weighted by atomic mass is 10.1. The lowest BCUT2D eigenvalue weighted by Crippen LogP contribution is -2.41. The van der Waals surface area contributed by atoms with Crippen LogP contribution in [-0.4, -0.2) is 16.9 Å². The lowest BCUT2D eigenvalue weighted by molar-refractivity contribution is 0.0949. The maximum atomic E-state index is 11.9. The van der Waals surface area contributed by atoms with Crippen LogP contribution in [0.5, 0.6) is 0 Å². The Bertz CT molecular complexity index is 470. The Kier molecular flexibility index (Phi) is 3.43. The highest BCUT2D eigenvalue weighted by Crippen LogP contribution is 2.22. The molecule has 0 fully saturated rings. The van der Waals surface area contributed by atoms with Gasteiger partial charge in [-0.3, -0.25) is 4.79 Å². The van der Waals surface area contributed by atoms with Crippen molar-refractivity contribution < 1.29 is 4.79 Å². The second-order valence-corrected chi connectivity index (χ2v) is 4.91. The van der Waals surface area contributed by atoms with Crippen LogP contribution in [0.2, 0.25) is 0 Å². The first-order valence-electron chi connectivity index (χ1n) is 5.80. The van der Waals surface area contributed by atoms with E-state index in [0.717, 1.165) is 12.8 Å². The molecule has 0 radical (unpaired) electrons. The number of fused-ring (bicyclic) bond motifs is 1. The molecule has 17 heavy (non-hydrogen) atoms. The van der Waals surface area contributed by atoms with Crippen LogP contribution in [0.25, 0.3) is 0 Å². The fourth-order valence-corrected chi connectivity index (χ4v) is 2.12. The summed E-state index contributed by atoms with van der Waals surface area (Å²) in [5.41, 5.74) is 8.81. The number of rotatable bonds is 3. The highest BCUT2D eigenvalue weighted by molar-refractivity contribution is 7.80. The van der Waals surface area contributed by atoms with Gasteiger partial charge in [-0.15, -0.1) is 0 Å². The van der Waals surface area contributed by atoms with Crippen LogP contribution in [0.1, 0.15) is 34.8 Å². The average molecular weight is 248 g/mol. The van der Waals surface area contributed by atoms with E-state index in [4.69, 9.17) is 18.0 Å². The van der Waals surface area contributed by atoms with Crippen molar-refractivity contribution in [2.75, 3.05) is 0 Å². The zero-order valence-electron chi connectivity index (χ0n) is 9.82. The Morgan fingerprint density at radius 2 is 2.12 bits per heavy atom. The van der Waals surface area contributed by atoms with Gasteiger partial charge in [0.15, 0.2) is 0 Å². The van der Waals surface area contributed by atoms with Gasteiger partial charge in [0.25, 0.3) is 5.91 Å². The molecule has 0 aromatic heterocycles. The third-order valence-electron chi connectivity index (χ3n) is 3.14. The lowest BCUT2D eigenvalue weighted by Gasteiger charge is -2.12. The van der Waals surface area contributed by atoms with Crippen LogP contribution in [0.4, 0.5) is 0 Å². The molecule has 1 unspecified atom stereocenters. The number of carbonyl (C=O) groups excluding carboxylic acids is 1. The Balaban J connectivity index is 2.12. The molecular formula is C13H16N2OS. The molecule has 1 atom stereocenters. The normalized spacial score (nSPS) is 15.1. The second kappa shape index (κ2) is 4.84. The Hall–Kier alpha value is -1.42. The van der Waals surface area contributed by atoms with E-state index in [-0.39, 0.29) is 11.9 Å². The first-order valence-corrected chi connectivity index (χ1v) is 6.21. The predicted octanol–water partition coefficient (Wildman–Crippen LogP) is 1.58. The zero-order valence-corrected chi connectivity index (χ0v) is 10.6. The van der Waals surface area contributed by atoms with Gasteiger partial charge in [-0.2, -0.15) is 0 Å². The van der Waals surface area contributed by atoms with Gasteiger partial charge in [0.05, 0.1) is 11.0 Å². The summed E-state index contributed by atoms with van der Waals surface area (Å²) in [6.07, 6.45) is 3.38. The quantitative estimate of drug-likeness (QED) is 0.799. The maximum absolute atomic E-state index is 11.9. The van der Waals surface area contributed by atoms with Gasteiger partial charge in [-0.05, 0) is 49.4 Å². The molecule has 1 aromatic carbocycles. The first-order chi connectivity index (χ1) is 8.08. The van der Waals surface area contributed by atoms with Crippen LogP contribution >= 0.6 is 12.2 Å². The number of nitrogens with one attached hydrogen (secondary N) is 1.